The third-order valence-corrected chi connectivity index (χ3v) is 3.60. The number of piperazine rings is 1. The fourth-order valence-corrected chi connectivity index (χ4v) is 2.55. The Balaban J connectivity index is 2.04. The summed E-state index contributed by atoms with van der Waals surface area (Å²) in [5.74, 6) is -1.56. The second kappa shape index (κ2) is 6.39. The summed E-state index contributed by atoms with van der Waals surface area (Å²) in [6, 6.07) is 1.74. The SMILES string of the molecule is CC(C)CN1CCN(C(=O)c2cc(N)c(F)cc2F)CC1. The Morgan fingerprint density at radius 3 is 2.38 bits per heavy atom. The van der Waals surface area contributed by atoms with E-state index in [0.717, 1.165) is 25.7 Å². The first kappa shape index (κ1) is 15.7. The Bertz CT molecular complexity index is 526. The van der Waals surface area contributed by atoms with Crippen molar-refractivity contribution in [3.63, 3.8) is 0 Å². The molecular weight excluding hydrogens is 276 g/mol. The Labute approximate surface area is 123 Å². The molecule has 0 aromatic heterocycles. The number of halogens is 2. The van der Waals surface area contributed by atoms with Crippen molar-refractivity contribution < 1.29 is 13.6 Å². The van der Waals surface area contributed by atoms with Gasteiger partial charge in [0.1, 0.15) is 11.6 Å². The van der Waals surface area contributed by atoms with E-state index in [1.807, 2.05) is 0 Å². The highest BCUT2D eigenvalue weighted by Gasteiger charge is 2.25. The highest BCUT2D eigenvalue weighted by molar-refractivity contribution is 5.95. The summed E-state index contributed by atoms with van der Waals surface area (Å²) in [5, 5.41) is 0. The summed E-state index contributed by atoms with van der Waals surface area (Å²) in [7, 11) is 0. The molecule has 1 aliphatic heterocycles. The van der Waals surface area contributed by atoms with Gasteiger partial charge in [-0.3, -0.25) is 9.69 Å². The maximum Gasteiger partial charge on any atom is 0.256 e. The Kier molecular flexibility index (Phi) is 4.77. The van der Waals surface area contributed by atoms with Crippen molar-refractivity contribution in [1.82, 2.24) is 9.80 Å². The minimum absolute atomic E-state index is 0.161. The van der Waals surface area contributed by atoms with Gasteiger partial charge in [0.05, 0.1) is 11.3 Å². The quantitative estimate of drug-likeness (QED) is 0.868. The predicted octanol–water partition coefficient (Wildman–Crippen LogP) is 1.96. The van der Waals surface area contributed by atoms with Crippen LogP contribution >= 0.6 is 0 Å². The van der Waals surface area contributed by atoms with Crippen molar-refractivity contribution >= 4 is 11.6 Å². The molecule has 1 aromatic rings. The third-order valence-electron chi connectivity index (χ3n) is 3.60. The second-order valence-corrected chi connectivity index (χ2v) is 5.84. The molecule has 4 nitrogen and oxygen atoms in total. The Morgan fingerprint density at radius 1 is 1.19 bits per heavy atom. The van der Waals surface area contributed by atoms with Crippen LogP contribution in [0.4, 0.5) is 14.5 Å². The molecule has 1 heterocycles. The predicted molar refractivity (Wildman–Crippen MR) is 78.0 cm³/mol. The van der Waals surface area contributed by atoms with Crippen LogP contribution in [-0.4, -0.2) is 48.4 Å². The molecule has 0 saturated carbocycles. The first-order valence-electron chi connectivity index (χ1n) is 7.14. The zero-order valence-corrected chi connectivity index (χ0v) is 12.4. The number of hydrogen-bond acceptors (Lipinski definition) is 3. The van der Waals surface area contributed by atoms with E-state index in [2.05, 4.69) is 18.7 Å². The van der Waals surface area contributed by atoms with Crippen molar-refractivity contribution in [2.75, 3.05) is 38.5 Å². The van der Waals surface area contributed by atoms with Crippen LogP contribution in [0, 0.1) is 17.6 Å². The normalized spacial score (nSPS) is 16.5. The monoisotopic (exact) mass is 297 g/mol. The van der Waals surface area contributed by atoms with Crippen LogP contribution in [0.3, 0.4) is 0 Å². The zero-order chi connectivity index (χ0) is 15.6. The molecule has 1 aromatic carbocycles. The molecule has 2 N–H and O–H groups in total. The molecule has 0 spiro atoms. The topological polar surface area (TPSA) is 49.6 Å². The lowest BCUT2D eigenvalue weighted by atomic mass is 10.1. The number of nitrogen functional groups attached to an aromatic ring is 1. The summed E-state index contributed by atoms with van der Waals surface area (Å²) >= 11 is 0. The molecule has 0 radical (unpaired) electrons. The van der Waals surface area contributed by atoms with Crippen molar-refractivity contribution in [2.24, 2.45) is 5.92 Å². The average Bonchev–Trinajstić information content (AvgIpc) is 2.42. The van der Waals surface area contributed by atoms with E-state index in [0.29, 0.717) is 25.1 Å². The minimum atomic E-state index is -0.865. The van der Waals surface area contributed by atoms with Crippen LogP contribution in [-0.2, 0) is 0 Å². The standard InChI is InChI=1S/C15H21F2N3O/c1-10(2)9-19-3-5-20(6-4-19)15(21)11-7-14(18)13(17)8-12(11)16/h7-8,10H,3-6,9,18H2,1-2H3. The van der Waals surface area contributed by atoms with Crippen molar-refractivity contribution in [2.45, 2.75) is 13.8 Å². The largest absolute Gasteiger partial charge is 0.396 e. The molecule has 1 fully saturated rings. The Hall–Kier alpha value is -1.69. The van der Waals surface area contributed by atoms with Crippen LogP contribution in [0.1, 0.15) is 24.2 Å². The maximum atomic E-state index is 13.7. The number of carbonyl (C=O) groups excluding carboxylic acids is 1. The molecule has 0 unspecified atom stereocenters. The van der Waals surface area contributed by atoms with Crippen molar-refractivity contribution in [1.29, 1.82) is 0 Å². The first-order chi connectivity index (χ1) is 9.88. The van der Waals surface area contributed by atoms with Crippen LogP contribution in [0.5, 0.6) is 0 Å². The van der Waals surface area contributed by atoms with Gasteiger partial charge in [-0.15, -0.1) is 0 Å². The van der Waals surface area contributed by atoms with E-state index in [1.165, 1.54) is 0 Å². The molecule has 6 heteroatoms. The van der Waals surface area contributed by atoms with E-state index >= 15 is 0 Å². The lowest BCUT2D eigenvalue weighted by Gasteiger charge is -2.35. The second-order valence-electron chi connectivity index (χ2n) is 5.84. The number of anilines is 1. The van der Waals surface area contributed by atoms with Crippen LogP contribution in [0.15, 0.2) is 12.1 Å². The van der Waals surface area contributed by atoms with Gasteiger partial charge in [-0.1, -0.05) is 13.8 Å². The summed E-state index contributed by atoms with van der Waals surface area (Å²) in [6.07, 6.45) is 0. The van der Waals surface area contributed by atoms with E-state index < -0.39 is 17.5 Å². The molecule has 1 saturated heterocycles. The molecule has 0 atom stereocenters. The summed E-state index contributed by atoms with van der Waals surface area (Å²) in [5.41, 5.74) is 5.04. The van der Waals surface area contributed by atoms with E-state index in [4.69, 9.17) is 5.73 Å². The van der Waals surface area contributed by atoms with Gasteiger partial charge in [-0.2, -0.15) is 0 Å². The average molecular weight is 297 g/mol. The van der Waals surface area contributed by atoms with E-state index in [9.17, 15) is 13.6 Å². The molecule has 116 valence electrons. The number of nitrogens with zero attached hydrogens (tertiary/aromatic N) is 2. The number of benzene rings is 1. The van der Waals surface area contributed by atoms with Gasteiger partial charge in [0, 0.05) is 38.8 Å². The fraction of sp³-hybridized carbons (Fsp3) is 0.533. The van der Waals surface area contributed by atoms with Gasteiger partial charge in [-0.05, 0) is 12.0 Å². The molecular formula is C15H21F2N3O. The van der Waals surface area contributed by atoms with Crippen LogP contribution in [0.2, 0.25) is 0 Å². The van der Waals surface area contributed by atoms with E-state index in [-0.39, 0.29) is 11.3 Å². The molecule has 0 aliphatic carbocycles. The smallest absolute Gasteiger partial charge is 0.256 e. The number of carbonyl (C=O) groups is 1. The van der Waals surface area contributed by atoms with Crippen LogP contribution < -0.4 is 5.73 Å². The lowest BCUT2D eigenvalue weighted by molar-refractivity contribution is 0.0619. The maximum absolute atomic E-state index is 13.7. The summed E-state index contributed by atoms with van der Waals surface area (Å²) < 4.78 is 26.9. The molecule has 21 heavy (non-hydrogen) atoms. The number of nitrogens with two attached hydrogens (primary N) is 1. The molecule has 2 rings (SSSR count). The third kappa shape index (κ3) is 3.69. The highest BCUT2D eigenvalue weighted by Crippen LogP contribution is 2.19. The Morgan fingerprint density at radius 2 is 1.81 bits per heavy atom. The number of hydrogen-bond donors (Lipinski definition) is 1. The number of rotatable bonds is 3. The van der Waals surface area contributed by atoms with Gasteiger partial charge in [0.2, 0.25) is 0 Å². The van der Waals surface area contributed by atoms with E-state index in [1.54, 1.807) is 4.90 Å². The highest BCUT2D eigenvalue weighted by atomic mass is 19.1. The molecule has 1 amide bonds. The lowest BCUT2D eigenvalue weighted by Crippen LogP contribution is -2.49. The van der Waals surface area contributed by atoms with Gasteiger partial charge in [0.15, 0.2) is 0 Å². The zero-order valence-electron chi connectivity index (χ0n) is 12.4. The first-order valence-corrected chi connectivity index (χ1v) is 7.14. The number of amides is 1. The van der Waals surface area contributed by atoms with Gasteiger partial charge in [-0.25, -0.2) is 8.78 Å². The van der Waals surface area contributed by atoms with Gasteiger partial charge < -0.3 is 10.6 Å². The van der Waals surface area contributed by atoms with Gasteiger partial charge >= 0.3 is 0 Å². The van der Waals surface area contributed by atoms with Crippen molar-refractivity contribution in [3.8, 4) is 0 Å². The minimum Gasteiger partial charge on any atom is -0.396 e. The summed E-state index contributed by atoms with van der Waals surface area (Å²) in [4.78, 5) is 16.2. The van der Waals surface area contributed by atoms with Crippen molar-refractivity contribution in [3.05, 3.63) is 29.3 Å². The van der Waals surface area contributed by atoms with Gasteiger partial charge in [0.25, 0.3) is 5.91 Å². The molecule has 0 bridgehead atoms. The van der Waals surface area contributed by atoms with Crippen LogP contribution in [0.25, 0.3) is 0 Å². The molecule has 1 aliphatic rings. The fourth-order valence-electron chi connectivity index (χ4n) is 2.55. The summed E-state index contributed by atoms with van der Waals surface area (Å²) in [6.45, 7) is 7.90.